The number of thiophene rings is 1. The lowest BCUT2D eigenvalue weighted by molar-refractivity contribution is -0.137. The molecule has 0 bridgehead atoms. The Morgan fingerprint density at radius 2 is 1.81 bits per heavy atom. The lowest BCUT2D eigenvalue weighted by Crippen LogP contribution is -2.31. The fourth-order valence-corrected chi connectivity index (χ4v) is 5.73. The molecule has 9 nitrogen and oxygen atoms in total. The highest BCUT2D eigenvalue weighted by molar-refractivity contribution is 7.15. The molecular weight excluding hydrogens is 488 g/mol. The molecule has 37 heavy (non-hydrogen) atoms. The SMILES string of the molecule is Cc1cc2c(s1)-n1c(nnc1N(C)C(=O)c1cc3ccccc3n1CC(=O)O)CN=C2c1ccccc1. The lowest BCUT2D eigenvalue weighted by atomic mass is 10.0. The number of aliphatic carboxylic acids is 1. The van der Waals surface area contributed by atoms with Gasteiger partial charge in [-0.15, -0.1) is 21.5 Å². The Hall–Kier alpha value is -4.57. The van der Waals surface area contributed by atoms with Crippen molar-refractivity contribution in [2.45, 2.75) is 20.0 Å². The fraction of sp³-hybridized carbons (Fsp3) is 0.148. The van der Waals surface area contributed by atoms with E-state index in [9.17, 15) is 14.7 Å². The molecule has 0 spiro atoms. The number of carboxylic acid groups (broad SMARTS) is 1. The van der Waals surface area contributed by atoms with E-state index in [1.165, 1.54) is 9.47 Å². The summed E-state index contributed by atoms with van der Waals surface area (Å²) < 4.78 is 3.40. The van der Waals surface area contributed by atoms with E-state index in [1.807, 2.05) is 60.0 Å². The summed E-state index contributed by atoms with van der Waals surface area (Å²) in [5.41, 5.74) is 3.77. The van der Waals surface area contributed by atoms with Gasteiger partial charge in [0.25, 0.3) is 5.91 Å². The summed E-state index contributed by atoms with van der Waals surface area (Å²) in [6, 6.07) is 21.1. The third kappa shape index (κ3) is 3.82. The number of nitrogens with zero attached hydrogens (tertiary/aromatic N) is 6. The first-order chi connectivity index (χ1) is 17.9. The minimum absolute atomic E-state index is 0.265. The van der Waals surface area contributed by atoms with Crippen LogP contribution in [0.25, 0.3) is 15.9 Å². The first kappa shape index (κ1) is 22.9. The monoisotopic (exact) mass is 510 g/mol. The Balaban J connectivity index is 1.45. The quantitative estimate of drug-likeness (QED) is 0.379. The molecule has 0 unspecified atom stereocenters. The Labute approximate surface area is 215 Å². The molecule has 6 rings (SSSR count). The smallest absolute Gasteiger partial charge is 0.323 e. The standard InChI is InChI=1S/C27H22N6O3S/c1-16-12-19-24(17-8-4-3-5-9-17)28-14-22-29-30-27(33(22)26(19)37-16)31(2)25(36)21-13-18-10-6-7-11-20(18)32(21)15-23(34)35/h3-13H,14-15H2,1-2H3,(H,34,35). The van der Waals surface area contributed by atoms with E-state index in [1.54, 1.807) is 30.5 Å². The van der Waals surface area contributed by atoms with Crippen molar-refractivity contribution >= 4 is 45.8 Å². The number of aryl methyl sites for hydroxylation is 1. The van der Waals surface area contributed by atoms with Gasteiger partial charge < -0.3 is 9.67 Å². The van der Waals surface area contributed by atoms with Gasteiger partial charge in [-0.2, -0.15) is 0 Å². The van der Waals surface area contributed by atoms with Crippen molar-refractivity contribution in [3.63, 3.8) is 0 Å². The summed E-state index contributed by atoms with van der Waals surface area (Å²) in [7, 11) is 1.63. The molecule has 5 aromatic rings. The van der Waals surface area contributed by atoms with Crippen LogP contribution >= 0.6 is 11.3 Å². The third-order valence-electron chi connectivity index (χ3n) is 6.36. The molecule has 1 aliphatic heterocycles. The molecule has 1 N–H and O–H groups in total. The summed E-state index contributed by atoms with van der Waals surface area (Å²) >= 11 is 1.58. The Kier molecular flexibility index (Phi) is 5.45. The van der Waals surface area contributed by atoms with Crippen molar-refractivity contribution in [2.24, 2.45) is 4.99 Å². The number of anilines is 1. The summed E-state index contributed by atoms with van der Waals surface area (Å²) in [6.45, 7) is 2.01. The summed E-state index contributed by atoms with van der Waals surface area (Å²) in [5.74, 6) is -0.441. The topological polar surface area (TPSA) is 106 Å². The van der Waals surface area contributed by atoms with Gasteiger partial charge in [-0.3, -0.25) is 24.0 Å². The van der Waals surface area contributed by atoms with Gasteiger partial charge in [0, 0.05) is 34.0 Å². The zero-order valence-electron chi connectivity index (χ0n) is 20.1. The molecule has 0 saturated heterocycles. The predicted octanol–water partition coefficient (Wildman–Crippen LogP) is 4.30. The molecule has 0 atom stereocenters. The van der Waals surface area contributed by atoms with Crippen LogP contribution in [-0.2, 0) is 17.9 Å². The molecule has 10 heteroatoms. The van der Waals surface area contributed by atoms with Crippen LogP contribution in [0.4, 0.5) is 5.95 Å². The number of carboxylic acids is 1. The molecule has 3 aromatic heterocycles. The highest BCUT2D eigenvalue weighted by Crippen LogP contribution is 2.35. The highest BCUT2D eigenvalue weighted by Gasteiger charge is 2.30. The molecule has 0 aliphatic carbocycles. The van der Waals surface area contributed by atoms with Crippen molar-refractivity contribution in [1.82, 2.24) is 19.3 Å². The maximum absolute atomic E-state index is 13.8. The van der Waals surface area contributed by atoms with Crippen LogP contribution in [0.2, 0.25) is 0 Å². The summed E-state index contributed by atoms with van der Waals surface area (Å²) in [6.07, 6.45) is 0. The van der Waals surface area contributed by atoms with Crippen molar-refractivity contribution < 1.29 is 14.7 Å². The van der Waals surface area contributed by atoms with E-state index in [4.69, 9.17) is 4.99 Å². The molecule has 184 valence electrons. The number of hydrogen-bond donors (Lipinski definition) is 1. The van der Waals surface area contributed by atoms with E-state index in [-0.39, 0.29) is 18.1 Å². The summed E-state index contributed by atoms with van der Waals surface area (Å²) in [4.78, 5) is 32.8. The minimum Gasteiger partial charge on any atom is -0.480 e. The fourth-order valence-electron chi connectivity index (χ4n) is 4.71. The molecule has 0 fully saturated rings. The van der Waals surface area contributed by atoms with Crippen LogP contribution in [0.5, 0.6) is 0 Å². The second-order valence-corrected chi connectivity index (χ2v) is 10.0. The molecule has 1 amide bonds. The van der Waals surface area contributed by atoms with E-state index < -0.39 is 5.97 Å². The average Bonchev–Trinajstić information content (AvgIpc) is 3.57. The van der Waals surface area contributed by atoms with Gasteiger partial charge in [-0.25, -0.2) is 0 Å². The molecule has 2 aromatic carbocycles. The largest absolute Gasteiger partial charge is 0.480 e. The molecular formula is C27H22N6O3S. The van der Waals surface area contributed by atoms with Gasteiger partial charge in [0.2, 0.25) is 5.95 Å². The van der Waals surface area contributed by atoms with Crippen LogP contribution in [0.1, 0.15) is 32.3 Å². The predicted molar refractivity (Wildman–Crippen MR) is 142 cm³/mol. The van der Waals surface area contributed by atoms with Gasteiger partial charge in [0.05, 0.1) is 5.71 Å². The van der Waals surface area contributed by atoms with Crippen molar-refractivity contribution in [1.29, 1.82) is 0 Å². The van der Waals surface area contributed by atoms with Crippen LogP contribution in [0, 0.1) is 6.92 Å². The lowest BCUT2D eigenvalue weighted by Gasteiger charge is -2.18. The number of fused-ring (bicyclic) bond motifs is 4. The van der Waals surface area contributed by atoms with E-state index in [0.29, 0.717) is 23.8 Å². The Morgan fingerprint density at radius 1 is 1.05 bits per heavy atom. The average molecular weight is 511 g/mol. The number of para-hydroxylation sites is 1. The van der Waals surface area contributed by atoms with Crippen LogP contribution < -0.4 is 4.90 Å². The van der Waals surface area contributed by atoms with E-state index in [2.05, 4.69) is 16.3 Å². The van der Waals surface area contributed by atoms with E-state index in [0.717, 1.165) is 32.1 Å². The summed E-state index contributed by atoms with van der Waals surface area (Å²) in [5, 5.41) is 19.9. The third-order valence-corrected chi connectivity index (χ3v) is 7.40. The zero-order chi connectivity index (χ0) is 25.7. The minimum atomic E-state index is -1.03. The Bertz CT molecular complexity index is 1710. The number of aromatic nitrogens is 4. The number of aliphatic imine (C=N–C) groups is 1. The number of carbonyl (C=O) groups is 2. The maximum atomic E-state index is 13.8. The van der Waals surface area contributed by atoms with Gasteiger partial charge in [0.1, 0.15) is 23.8 Å². The normalized spacial score (nSPS) is 12.5. The zero-order valence-corrected chi connectivity index (χ0v) is 20.9. The highest BCUT2D eigenvalue weighted by atomic mass is 32.1. The van der Waals surface area contributed by atoms with Crippen LogP contribution in [0.3, 0.4) is 0 Å². The number of benzene rings is 2. The van der Waals surface area contributed by atoms with Gasteiger partial charge in [0.15, 0.2) is 5.82 Å². The van der Waals surface area contributed by atoms with Crippen LogP contribution in [-0.4, -0.2) is 49.1 Å². The van der Waals surface area contributed by atoms with Gasteiger partial charge in [-0.1, -0.05) is 48.5 Å². The number of rotatable bonds is 5. The van der Waals surface area contributed by atoms with Gasteiger partial charge in [-0.05, 0) is 25.1 Å². The van der Waals surface area contributed by atoms with Crippen molar-refractivity contribution in [2.75, 3.05) is 11.9 Å². The first-order valence-corrected chi connectivity index (χ1v) is 12.5. The molecule has 1 aliphatic rings. The second-order valence-electron chi connectivity index (χ2n) is 8.79. The number of hydrogen-bond acceptors (Lipinski definition) is 6. The van der Waals surface area contributed by atoms with Crippen LogP contribution in [0.15, 0.2) is 71.7 Å². The molecule has 0 radical (unpaired) electrons. The Morgan fingerprint density at radius 3 is 2.59 bits per heavy atom. The molecule has 0 saturated carbocycles. The molecule has 4 heterocycles. The van der Waals surface area contributed by atoms with Crippen molar-refractivity contribution in [3.8, 4) is 5.00 Å². The number of amides is 1. The second kappa shape index (κ2) is 8.82. The van der Waals surface area contributed by atoms with Gasteiger partial charge >= 0.3 is 5.97 Å². The number of carbonyl (C=O) groups excluding carboxylic acids is 1. The van der Waals surface area contributed by atoms with Crippen molar-refractivity contribution in [3.05, 3.63) is 94.3 Å². The first-order valence-electron chi connectivity index (χ1n) is 11.7. The maximum Gasteiger partial charge on any atom is 0.323 e. The van der Waals surface area contributed by atoms with E-state index >= 15 is 0 Å².